The average molecular weight is 642 g/mol. The first kappa shape index (κ1) is 30.4. The van der Waals surface area contributed by atoms with Crippen LogP contribution in [0.15, 0.2) is 71.8 Å². The number of fused-ring (bicyclic) bond motifs is 3. The Morgan fingerprint density at radius 1 is 0.872 bits per heavy atom. The molecule has 0 saturated carbocycles. The molecule has 242 valence electrons. The van der Waals surface area contributed by atoms with Gasteiger partial charge in [0.25, 0.3) is 11.5 Å². The van der Waals surface area contributed by atoms with E-state index in [1.165, 1.54) is 18.5 Å². The first-order chi connectivity index (χ1) is 23.1. The van der Waals surface area contributed by atoms with E-state index < -0.39 is 17.3 Å². The minimum atomic E-state index is -0.738. The zero-order chi connectivity index (χ0) is 32.2. The van der Waals surface area contributed by atoms with Gasteiger partial charge in [0.2, 0.25) is 5.88 Å². The number of carbonyl (C=O) groups excluding carboxylic acids is 1. The molecular weight excluding hydrogens is 609 g/mol. The fourth-order valence-electron chi connectivity index (χ4n) is 5.74. The third-order valence-electron chi connectivity index (χ3n) is 7.91. The summed E-state index contributed by atoms with van der Waals surface area (Å²) in [5.41, 5.74) is 1.66. The van der Waals surface area contributed by atoms with Gasteiger partial charge in [0.15, 0.2) is 23.1 Å². The Morgan fingerprint density at radius 3 is 2.38 bits per heavy atom. The maximum absolute atomic E-state index is 15.4. The Kier molecular flexibility index (Phi) is 8.80. The SMILES string of the molecule is O=C(Nc1ccc(Oc2ncnc3cc4c(cc23)OCCOCCOCCO4)c(F)c1)c1c2n(n(-c3ccccc3)c1=O)CCCC2. The van der Waals surface area contributed by atoms with E-state index in [-0.39, 0.29) is 29.5 Å². The Bertz CT molecular complexity index is 1980. The van der Waals surface area contributed by atoms with Crippen LogP contribution in [0.5, 0.6) is 23.1 Å². The van der Waals surface area contributed by atoms with Crippen molar-refractivity contribution in [3.8, 4) is 28.8 Å². The van der Waals surface area contributed by atoms with Gasteiger partial charge in [0.05, 0.1) is 48.7 Å². The maximum atomic E-state index is 15.4. The van der Waals surface area contributed by atoms with Gasteiger partial charge in [-0.1, -0.05) is 18.2 Å². The number of hydrogen-bond acceptors (Lipinski definition) is 9. The van der Waals surface area contributed by atoms with E-state index in [0.29, 0.717) is 79.8 Å². The van der Waals surface area contributed by atoms with Crippen LogP contribution in [0.1, 0.15) is 28.9 Å². The van der Waals surface area contributed by atoms with Gasteiger partial charge >= 0.3 is 0 Å². The highest BCUT2D eigenvalue weighted by molar-refractivity contribution is 6.05. The molecule has 7 rings (SSSR count). The van der Waals surface area contributed by atoms with Gasteiger partial charge in [-0.25, -0.2) is 19.0 Å². The van der Waals surface area contributed by atoms with E-state index in [1.807, 2.05) is 35.0 Å². The maximum Gasteiger partial charge on any atom is 0.284 e. The second-order valence-electron chi connectivity index (χ2n) is 11.0. The number of benzene rings is 3. The molecule has 0 radical (unpaired) electrons. The normalized spacial score (nSPS) is 15.3. The molecule has 0 spiro atoms. The van der Waals surface area contributed by atoms with Crippen LogP contribution < -0.4 is 25.1 Å². The molecule has 1 N–H and O–H groups in total. The Labute approximate surface area is 268 Å². The highest BCUT2D eigenvalue weighted by Crippen LogP contribution is 2.37. The van der Waals surface area contributed by atoms with Crippen LogP contribution in [0.2, 0.25) is 0 Å². The quantitative estimate of drug-likeness (QED) is 0.285. The van der Waals surface area contributed by atoms with Crippen molar-refractivity contribution in [2.24, 2.45) is 0 Å². The summed E-state index contributed by atoms with van der Waals surface area (Å²) in [6.45, 7) is 2.87. The summed E-state index contributed by atoms with van der Waals surface area (Å²) in [4.78, 5) is 35.6. The first-order valence-corrected chi connectivity index (χ1v) is 15.5. The molecule has 12 nitrogen and oxygen atoms in total. The van der Waals surface area contributed by atoms with E-state index in [2.05, 4.69) is 15.3 Å². The zero-order valence-electron chi connectivity index (χ0n) is 25.4. The molecule has 1 amide bonds. The predicted molar refractivity (Wildman–Crippen MR) is 170 cm³/mol. The lowest BCUT2D eigenvalue weighted by atomic mass is 10.1. The van der Waals surface area contributed by atoms with E-state index in [9.17, 15) is 9.59 Å². The van der Waals surface area contributed by atoms with Gasteiger partial charge in [-0.05, 0) is 49.6 Å². The molecule has 0 saturated heterocycles. The van der Waals surface area contributed by atoms with Crippen molar-refractivity contribution in [3.05, 3.63) is 94.4 Å². The molecule has 2 aromatic heterocycles. The number of para-hydroxylation sites is 1. The lowest BCUT2D eigenvalue weighted by Gasteiger charge is -2.19. The lowest BCUT2D eigenvalue weighted by Crippen LogP contribution is -2.25. The Hall–Kier alpha value is -5.27. The minimum Gasteiger partial charge on any atom is -0.487 e. The molecule has 4 heterocycles. The molecule has 0 aliphatic carbocycles. The van der Waals surface area contributed by atoms with Gasteiger partial charge in [-0.2, -0.15) is 0 Å². The number of amides is 1. The summed E-state index contributed by atoms with van der Waals surface area (Å²) in [7, 11) is 0. The summed E-state index contributed by atoms with van der Waals surface area (Å²) >= 11 is 0. The molecule has 0 bridgehead atoms. The molecule has 5 aromatic rings. The fourth-order valence-corrected chi connectivity index (χ4v) is 5.74. The standard InChI is InChI=1S/C34H32FN5O7/c35-25-18-22(38-32(41)31-27-8-4-5-11-39(27)40(34(31)42)23-6-2-1-3-7-23)9-10-28(25)47-33-24-19-29-30(20-26(24)36-21-37-33)46-17-15-44-13-12-43-14-16-45-29/h1-3,6-7,9-10,18-21H,4-5,8,11-17H2,(H,38,41). The molecule has 0 unspecified atom stereocenters. The van der Waals surface area contributed by atoms with E-state index in [1.54, 1.807) is 16.8 Å². The first-order valence-electron chi connectivity index (χ1n) is 15.5. The average Bonchev–Trinajstić information content (AvgIpc) is 3.38. The van der Waals surface area contributed by atoms with Crippen molar-refractivity contribution in [3.63, 3.8) is 0 Å². The molecular formula is C34H32FN5O7. The Balaban J connectivity index is 1.13. The van der Waals surface area contributed by atoms with Crippen molar-refractivity contribution in [2.75, 3.05) is 45.0 Å². The van der Waals surface area contributed by atoms with Gasteiger partial charge in [0.1, 0.15) is 25.1 Å². The number of nitrogens with zero attached hydrogens (tertiary/aromatic N) is 4. The van der Waals surface area contributed by atoms with Crippen molar-refractivity contribution in [2.45, 2.75) is 25.8 Å². The van der Waals surface area contributed by atoms with Crippen LogP contribution in [0.25, 0.3) is 16.6 Å². The van der Waals surface area contributed by atoms with Gasteiger partial charge in [-0.15, -0.1) is 0 Å². The molecule has 0 fully saturated rings. The molecule has 3 aromatic carbocycles. The van der Waals surface area contributed by atoms with Crippen molar-refractivity contribution in [1.29, 1.82) is 0 Å². The smallest absolute Gasteiger partial charge is 0.284 e. The lowest BCUT2D eigenvalue weighted by molar-refractivity contribution is 0.0224. The van der Waals surface area contributed by atoms with Crippen LogP contribution in [0.4, 0.5) is 10.1 Å². The molecule has 2 aliphatic heterocycles. The van der Waals surface area contributed by atoms with Crippen molar-refractivity contribution < 1.29 is 32.9 Å². The van der Waals surface area contributed by atoms with Crippen molar-refractivity contribution in [1.82, 2.24) is 19.3 Å². The van der Waals surface area contributed by atoms with Gasteiger partial charge in [0, 0.05) is 24.4 Å². The van der Waals surface area contributed by atoms with E-state index >= 15 is 4.39 Å². The van der Waals surface area contributed by atoms with Crippen LogP contribution in [0, 0.1) is 5.82 Å². The third-order valence-corrected chi connectivity index (χ3v) is 7.91. The third kappa shape index (κ3) is 6.40. The monoisotopic (exact) mass is 641 g/mol. The Morgan fingerprint density at radius 2 is 1.62 bits per heavy atom. The van der Waals surface area contributed by atoms with Crippen molar-refractivity contribution >= 4 is 22.5 Å². The number of nitrogens with one attached hydrogen (secondary N) is 1. The molecule has 47 heavy (non-hydrogen) atoms. The summed E-state index contributed by atoms with van der Waals surface area (Å²) in [5.74, 6) is -0.454. The highest BCUT2D eigenvalue weighted by atomic mass is 19.1. The number of ether oxygens (including phenoxy) is 5. The minimum absolute atomic E-state index is 0.0550. The topological polar surface area (TPSA) is 128 Å². The van der Waals surface area contributed by atoms with Gasteiger partial charge < -0.3 is 29.0 Å². The predicted octanol–water partition coefficient (Wildman–Crippen LogP) is 4.91. The number of anilines is 1. The number of halogens is 1. The van der Waals surface area contributed by atoms with E-state index in [4.69, 9.17) is 23.7 Å². The van der Waals surface area contributed by atoms with E-state index in [0.717, 1.165) is 18.9 Å². The zero-order valence-corrected chi connectivity index (χ0v) is 25.4. The second-order valence-corrected chi connectivity index (χ2v) is 11.0. The summed E-state index contributed by atoms with van der Waals surface area (Å²) in [6, 6.07) is 16.6. The van der Waals surface area contributed by atoms with Crippen LogP contribution >= 0.6 is 0 Å². The summed E-state index contributed by atoms with van der Waals surface area (Å²) < 4.78 is 47.5. The fraction of sp³-hybridized carbons (Fsp3) is 0.294. The number of rotatable bonds is 5. The highest BCUT2D eigenvalue weighted by Gasteiger charge is 2.28. The summed E-state index contributed by atoms with van der Waals surface area (Å²) in [6.07, 6.45) is 3.66. The second kappa shape index (κ2) is 13.6. The molecule has 13 heteroatoms. The van der Waals surface area contributed by atoms with Crippen LogP contribution in [0.3, 0.4) is 0 Å². The number of aromatic nitrogens is 4. The molecule has 2 aliphatic rings. The van der Waals surface area contributed by atoms with Crippen LogP contribution in [-0.2, 0) is 22.4 Å². The largest absolute Gasteiger partial charge is 0.487 e. The molecule has 0 atom stereocenters. The number of hydrogen-bond donors (Lipinski definition) is 1. The number of carbonyl (C=O) groups is 1. The van der Waals surface area contributed by atoms with Gasteiger partial charge in [-0.3, -0.25) is 14.3 Å². The summed E-state index contributed by atoms with van der Waals surface area (Å²) in [5, 5.41) is 3.18. The van der Waals surface area contributed by atoms with Crippen LogP contribution in [-0.4, -0.2) is 64.9 Å².